The van der Waals surface area contributed by atoms with E-state index in [9.17, 15) is 0 Å². The molecule has 1 unspecified atom stereocenters. The molecule has 0 aromatic carbocycles. The molecule has 112 valence electrons. The van der Waals surface area contributed by atoms with Crippen LogP contribution in [-0.4, -0.2) is 17.3 Å². The minimum Gasteiger partial charge on any atom is -0.306 e. The summed E-state index contributed by atoms with van der Waals surface area (Å²) in [5.41, 5.74) is 4.19. The second-order valence-electron chi connectivity index (χ2n) is 5.52. The molecule has 3 heterocycles. The Kier molecular flexibility index (Phi) is 4.99. The molecule has 2 aromatic heterocycles. The number of nitrogens with one attached hydrogen (secondary N) is 1. The second kappa shape index (κ2) is 6.95. The first-order chi connectivity index (χ1) is 10.3. The van der Waals surface area contributed by atoms with Gasteiger partial charge in [-0.3, -0.25) is 4.98 Å². The summed E-state index contributed by atoms with van der Waals surface area (Å²) in [7, 11) is 0. The highest BCUT2D eigenvalue weighted by Gasteiger charge is 2.21. The number of rotatable bonds is 5. The first-order valence-electron chi connectivity index (χ1n) is 7.62. The molecule has 4 heteroatoms. The maximum absolute atomic E-state index is 4.34. The van der Waals surface area contributed by atoms with Crippen LogP contribution in [0.2, 0.25) is 0 Å². The molecule has 1 N–H and O–H groups in total. The molecule has 0 fully saturated rings. The van der Waals surface area contributed by atoms with Gasteiger partial charge in [-0.15, -0.1) is 11.3 Å². The van der Waals surface area contributed by atoms with Crippen LogP contribution in [0, 0.1) is 6.92 Å². The van der Waals surface area contributed by atoms with E-state index in [1.54, 1.807) is 10.4 Å². The standard InChI is InChI=1S/C17H22N2S2/c1-3-6-19-17(14-10-18-7-4-12(14)2)16-9-13-11-20-8-5-15(13)21-16/h4,7,9-10,17,19H,3,5-6,8,11H2,1-2H3. The molecule has 0 aliphatic carbocycles. The van der Waals surface area contributed by atoms with Gasteiger partial charge in [-0.05, 0) is 60.9 Å². The van der Waals surface area contributed by atoms with E-state index in [1.165, 1.54) is 33.9 Å². The van der Waals surface area contributed by atoms with Gasteiger partial charge in [0.1, 0.15) is 0 Å². The van der Waals surface area contributed by atoms with Crippen LogP contribution >= 0.6 is 23.1 Å². The number of thiophene rings is 1. The molecule has 3 rings (SSSR count). The van der Waals surface area contributed by atoms with Gasteiger partial charge in [-0.25, -0.2) is 0 Å². The third kappa shape index (κ3) is 3.33. The van der Waals surface area contributed by atoms with Gasteiger partial charge in [0.15, 0.2) is 0 Å². The first kappa shape index (κ1) is 15.1. The lowest BCUT2D eigenvalue weighted by Crippen LogP contribution is -2.23. The molecule has 0 saturated heterocycles. The minimum absolute atomic E-state index is 0.291. The van der Waals surface area contributed by atoms with Crippen molar-refractivity contribution in [1.29, 1.82) is 0 Å². The first-order valence-corrected chi connectivity index (χ1v) is 9.60. The lowest BCUT2D eigenvalue weighted by Gasteiger charge is -2.19. The number of fused-ring (bicyclic) bond motifs is 1. The van der Waals surface area contributed by atoms with Crippen LogP contribution in [0.5, 0.6) is 0 Å². The van der Waals surface area contributed by atoms with Crippen LogP contribution < -0.4 is 5.32 Å². The van der Waals surface area contributed by atoms with E-state index < -0.39 is 0 Å². The molecular weight excluding hydrogens is 296 g/mol. The molecule has 0 amide bonds. The minimum atomic E-state index is 0.291. The van der Waals surface area contributed by atoms with Crippen LogP contribution in [0.15, 0.2) is 24.5 Å². The van der Waals surface area contributed by atoms with Gasteiger partial charge in [0, 0.05) is 27.9 Å². The van der Waals surface area contributed by atoms with E-state index in [0.717, 1.165) is 13.0 Å². The summed E-state index contributed by atoms with van der Waals surface area (Å²) in [6, 6.07) is 4.82. The van der Waals surface area contributed by atoms with Crippen molar-refractivity contribution in [3.05, 3.63) is 51.0 Å². The van der Waals surface area contributed by atoms with Gasteiger partial charge in [0.25, 0.3) is 0 Å². The Bertz CT molecular complexity index is 583. The Morgan fingerprint density at radius 2 is 2.33 bits per heavy atom. The van der Waals surface area contributed by atoms with Crippen molar-refractivity contribution in [3.8, 4) is 0 Å². The summed E-state index contributed by atoms with van der Waals surface area (Å²) in [6.45, 7) is 5.44. The Labute approximate surface area is 135 Å². The molecule has 21 heavy (non-hydrogen) atoms. The summed E-state index contributed by atoms with van der Waals surface area (Å²) in [4.78, 5) is 7.38. The predicted octanol–water partition coefficient (Wildman–Crippen LogP) is 4.33. The smallest absolute Gasteiger partial charge is 0.0688 e. The third-order valence-electron chi connectivity index (χ3n) is 3.92. The lowest BCUT2D eigenvalue weighted by atomic mass is 10.0. The average molecular weight is 319 g/mol. The third-order valence-corrected chi connectivity index (χ3v) is 6.23. The maximum atomic E-state index is 4.34. The van der Waals surface area contributed by atoms with E-state index in [1.807, 2.05) is 23.7 Å². The summed E-state index contributed by atoms with van der Waals surface area (Å²) in [6.07, 6.45) is 6.29. The molecule has 1 aliphatic rings. The number of thioether (sulfide) groups is 1. The number of pyridine rings is 1. The number of aryl methyl sites for hydroxylation is 2. The van der Waals surface area contributed by atoms with Crippen molar-refractivity contribution >= 4 is 23.1 Å². The van der Waals surface area contributed by atoms with Gasteiger partial charge in [0.05, 0.1) is 6.04 Å². The van der Waals surface area contributed by atoms with E-state index in [0.29, 0.717) is 6.04 Å². The highest BCUT2D eigenvalue weighted by atomic mass is 32.2. The number of hydrogen-bond acceptors (Lipinski definition) is 4. The Balaban J connectivity index is 1.95. The van der Waals surface area contributed by atoms with Crippen molar-refractivity contribution in [2.24, 2.45) is 0 Å². The topological polar surface area (TPSA) is 24.9 Å². The molecular formula is C17H22N2S2. The van der Waals surface area contributed by atoms with Crippen LogP contribution in [0.1, 0.15) is 45.8 Å². The summed E-state index contributed by atoms with van der Waals surface area (Å²) >= 11 is 4.05. The SMILES string of the molecule is CCCNC(c1cc2c(s1)CCSC2)c1cnccc1C. The van der Waals surface area contributed by atoms with E-state index >= 15 is 0 Å². The van der Waals surface area contributed by atoms with Crippen molar-refractivity contribution in [2.45, 2.75) is 38.5 Å². The number of nitrogens with zero attached hydrogens (tertiary/aromatic N) is 1. The monoisotopic (exact) mass is 318 g/mol. The molecule has 0 bridgehead atoms. The Morgan fingerprint density at radius 1 is 1.43 bits per heavy atom. The fourth-order valence-electron chi connectivity index (χ4n) is 2.74. The fraction of sp³-hybridized carbons (Fsp3) is 0.471. The highest BCUT2D eigenvalue weighted by molar-refractivity contribution is 7.98. The zero-order valence-electron chi connectivity index (χ0n) is 12.7. The normalized spacial score (nSPS) is 15.7. The van der Waals surface area contributed by atoms with Gasteiger partial charge in [-0.2, -0.15) is 11.8 Å². The van der Waals surface area contributed by atoms with Crippen molar-refractivity contribution in [3.63, 3.8) is 0 Å². The summed E-state index contributed by atoms with van der Waals surface area (Å²) < 4.78 is 0. The average Bonchev–Trinajstić information content (AvgIpc) is 2.93. The van der Waals surface area contributed by atoms with Gasteiger partial charge >= 0.3 is 0 Å². The van der Waals surface area contributed by atoms with Gasteiger partial charge in [-0.1, -0.05) is 6.92 Å². The summed E-state index contributed by atoms with van der Waals surface area (Å²) in [5.74, 6) is 2.45. The van der Waals surface area contributed by atoms with Crippen molar-refractivity contribution in [2.75, 3.05) is 12.3 Å². The molecule has 1 aliphatic heterocycles. The zero-order valence-corrected chi connectivity index (χ0v) is 14.3. The van der Waals surface area contributed by atoms with E-state index in [-0.39, 0.29) is 0 Å². The largest absolute Gasteiger partial charge is 0.306 e. The molecule has 0 spiro atoms. The molecule has 0 saturated carbocycles. The quantitative estimate of drug-likeness (QED) is 0.888. The summed E-state index contributed by atoms with van der Waals surface area (Å²) in [5, 5.41) is 3.72. The van der Waals surface area contributed by atoms with Gasteiger partial charge in [0.2, 0.25) is 0 Å². The van der Waals surface area contributed by atoms with Crippen LogP contribution in [0.3, 0.4) is 0 Å². The van der Waals surface area contributed by atoms with Crippen LogP contribution in [0.25, 0.3) is 0 Å². The molecule has 2 nitrogen and oxygen atoms in total. The maximum Gasteiger partial charge on any atom is 0.0688 e. The second-order valence-corrected chi connectivity index (χ2v) is 7.79. The number of hydrogen-bond donors (Lipinski definition) is 1. The Morgan fingerprint density at radius 3 is 3.10 bits per heavy atom. The van der Waals surface area contributed by atoms with Crippen molar-refractivity contribution in [1.82, 2.24) is 10.3 Å². The molecule has 0 radical (unpaired) electrons. The fourth-order valence-corrected chi connectivity index (χ4v) is 5.21. The van der Waals surface area contributed by atoms with E-state index in [2.05, 4.69) is 48.0 Å². The molecule has 2 aromatic rings. The van der Waals surface area contributed by atoms with E-state index in [4.69, 9.17) is 0 Å². The van der Waals surface area contributed by atoms with Gasteiger partial charge < -0.3 is 5.32 Å². The Hall–Kier alpha value is -0.840. The van der Waals surface area contributed by atoms with Crippen LogP contribution in [0.4, 0.5) is 0 Å². The van der Waals surface area contributed by atoms with Crippen LogP contribution in [-0.2, 0) is 12.2 Å². The van der Waals surface area contributed by atoms with Crippen molar-refractivity contribution < 1.29 is 0 Å². The highest BCUT2D eigenvalue weighted by Crippen LogP contribution is 2.37. The lowest BCUT2D eigenvalue weighted by molar-refractivity contribution is 0.601. The molecule has 1 atom stereocenters. The number of aromatic nitrogens is 1. The zero-order chi connectivity index (χ0) is 14.7. The predicted molar refractivity (Wildman–Crippen MR) is 93.3 cm³/mol.